The van der Waals surface area contributed by atoms with E-state index in [1.165, 1.54) is 5.56 Å². The lowest BCUT2D eigenvalue weighted by Crippen LogP contribution is -2.23. The standard InChI is InChI=1S/C19H25N3O2.HI/c1-14(2)24-17-9-7-15(8-10-17)11-12-21-19(20)22-16-5-4-6-18(13-16)23-3;/h4-10,13-14H,11-12H2,1-3H3,(H3,20,21,22);1H. The van der Waals surface area contributed by atoms with Gasteiger partial charge in [-0.2, -0.15) is 0 Å². The number of ether oxygens (including phenoxy) is 2. The van der Waals surface area contributed by atoms with Crippen molar-refractivity contribution in [2.24, 2.45) is 10.7 Å². The molecule has 136 valence electrons. The summed E-state index contributed by atoms with van der Waals surface area (Å²) in [4.78, 5) is 4.35. The van der Waals surface area contributed by atoms with Crippen LogP contribution in [0.4, 0.5) is 5.69 Å². The maximum absolute atomic E-state index is 5.92. The molecule has 0 fully saturated rings. The van der Waals surface area contributed by atoms with E-state index in [1.807, 2.05) is 50.2 Å². The first kappa shape index (κ1) is 21.1. The van der Waals surface area contributed by atoms with Gasteiger partial charge >= 0.3 is 0 Å². The van der Waals surface area contributed by atoms with Crippen molar-refractivity contribution >= 4 is 35.6 Å². The molecule has 0 spiro atoms. The molecular formula is C19H26IN3O2. The van der Waals surface area contributed by atoms with Gasteiger partial charge in [0.1, 0.15) is 11.5 Å². The van der Waals surface area contributed by atoms with Crippen molar-refractivity contribution in [3.63, 3.8) is 0 Å². The van der Waals surface area contributed by atoms with Gasteiger partial charge in [-0.3, -0.25) is 4.99 Å². The Bertz CT molecular complexity index is 673. The van der Waals surface area contributed by atoms with Crippen molar-refractivity contribution in [3.8, 4) is 11.5 Å². The minimum absolute atomic E-state index is 0. The second-order valence-electron chi connectivity index (χ2n) is 5.68. The summed E-state index contributed by atoms with van der Waals surface area (Å²) in [5.74, 6) is 2.05. The van der Waals surface area contributed by atoms with Gasteiger partial charge in [-0.15, -0.1) is 24.0 Å². The van der Waals surface area contributed by atoms with Crippen molar-refractivity contribution in [2.45, 2.75) is 26.4 Å². The van der Waals surface area contributed by atoms with Crippen LogP contribution in [0, 0.1) is 0 Å². The summed E-state index contributed by atoms with van der Waals surface area (Å²) in [6, 6.07) is 15.6. The minimum Gasteiger partial charge on any atom is -0.497 e. The predicted molar refractivity (Wildman–Crippen MR) is 114 cm³/mol. The number of hydrogen-bond acceptors (Lipinski definition) is 3. The number of methoxy groups -OCH3 is 1. The molecule has 0 saturated heterocycles. The average molecular weight is 455 g/mol. The molecule has 0 unspecified atom stereocenters. The van der Waals surface area contributed by atoms with Gasteiger partial charge < -0.3 is 20.5 Å². The highest BCUT2D eigenvalue weighted by molar-refractivity contribution is 14.0. The predicted octanol–water partition coefficient (Wildman–Crippen LogP) is 4.07. The van der Waals surface area contributed by atoms with Crippen LogP contribution < -0.4 is 20.5 Å². The Morgan fingerprint density at radius 3 is 2.48 bits per heavy atom. The number of rotatable bonds is 7. The number of halogens is 1. The molecule has 0 aliphatic rings. The fourth-order valence-corrected chi connectivity index (χ4v) is 2.20. The van der Waals surface area contributed by atoms with Crippen molar-refractivity contribution < 1.29 is 9.47 Å². The fourth-order valence-electron chi connectivity index (χ4n) is 2.20. The topological polar surface area (TPSA) is 68.9 Å². The molecule has 2 aromatic rings. The Morgan fingerprint density at radius 2 is 1.84 bits per heavy atom. The number of nitrogens with one attached hydrogen (secondary N) is 1. The Hall–Kier alpha value is -1.96. The summed E-state index contributed by atoms with van der Waals surface area (Å²) < 4.78 is 10.8. The Morgan fingerprint density at radius 1 is 1.12 bits per heavy atom. The average Bonchev–Trinajstić information content (AvgIpc) is 2.56. The first-order valence-corrected chi connectivity index (χ1v) is 8.03. The van der Waals surface area contributed by atoms with Crippen LogP contribution in [0.3, 0.4) is 0 Å². The highest BCUT2D eigenvalue weighted by atomic mass is 127. The third-order valence-electron chi connectivity index (χ3n) is 3.32. The molecule has 25 heavy (non-hydrogen) atoms. The zero-order valence-electron chi connectivity index (χ0n) is 14.9. The first-order valence-electron chi connectivity index (χ1n) is 8.03. The van der Waals surface area contributed by atoms with E-state index in [0.29, 0.717) is 12.5 Å². The molecule has 0 saturated carbocycles. The lowest BCUT2D eigenvalue weighted by atomic mass is 10.1. The molecule has 2 aromatic carbocycles. The van der Waals surface area contributed by atoms with E-state index in [0.717, 1.165) is 23.6 Å². The third kappa shape index (κ3) is 7.64. The van der Waals surface area contributed by atoms with E-state index >= 15 is 0 Å². The minimum atomic E-state index is 0. The van der Waals surface area contributed by atoms with Gasteiger partial charge in [-0.25, -0.2) is 0 Å². The highest BCUT2D eigenvalue weighted by Crippen LogP contribution is 2.16. The summed E-state index contributed by atoms with van der Waals surface area (Å²) in [5, 5.41) is 3.06. The van der Waals surface area contributed by atoms with Gasteiger partial charge in [-0.1, -0.05) is 18.2 Å². The van der Waals surface area contributed by atoms with Gasteiger partial charge in [0.25, 0.3) is 0 Å². The smallest absolute Gasteiger partial charge is 0.193 e. The second-order valence-corrected chi connectivity index (χ2v) is 5.68. The number of hydrogen-bond donors (Lipinski definition) is 2. The largest absolute Gasteiger partial charge is 0.497 e. The molecule has 2 rings (SSSR count). The molecule has 5 nitrogen and oxygen atoms in total. The molecule has 6 heteroatoms. The normalized spacial score (nSPS) is 11.0. The number of guanidine groups is 1. The monoisotopic (exact) mass is 455 g/mol. The van der Waals surface area contributed by atoms with E-state index in [-0.39, 0.29) is 30.1 Å². The number of anilines is 1. The van der Waals surface area contributed by atoms with Crippen molar-refractivity contribution in [3.05, 3.63) is 54.1 Å². The number of aliphatic imine (C=N–C) groups is 1. The molecular weight excluding hydrogens is 429 g/mol. The van der Waals surface area contributed by atoms with E-state index in [1.54, 1.807) is 7.11 Å². The lowest BCUT2D eigenvalue weighted by Gasteiger charge is -2.10. The van der Waals surface area contributed by atoms with Gasteiger partial charge in [0.15, 0.2) is 5.96 Å². The lowest BCUT2D eigenvalue weighted by molar-refractivity contribution is 0.242. The molecule has 0 aromatic heterocycles. The highest BCUT2D eigenvalue weighted by Gasteiger charge is 2.00. The van der Waals surface area contributed by atoms with E-state index < -0.39 is 0 Å². The summed E-state index contributed by atoms with van der Waals surface area (Å²) in [7, 11) is 1.63. The van der Waals surface area contributed by atoms with Crippen LogP contribution in [0.15, 0.2) is 53.5 Å². The molecule has 0 amide bonds. The van der Waals surface area contributed by atoms with Crippen LogP contribution in [0.5, 0.6) is 11.5 Å². The Balaban J connectivity index is 0.00000312. The van der Waals surface area contributed by atoms with Crippen molar-refractivity contribution in [1.82, 2.24) is 0 Å². The molecule has 0 heterocycles. The third-order valence-corrected chi connectivity index (χ3v) is 3.32. The maximum Gasteiger partial charge on any atom is 0.193 e. The molecule has 0 aliphatic carbocycles. The molecule has 0 atom stereocenters. The van der Waals surface area contributed by atoms with E-state index in [2.05, 4.69) is 22.4 Å². The van der Waals surface area contributed by atoms with Crippen LogP contribution in [-0.4, -0.2) is 25.7 Å². The van der Waals surface area contributed by atoms with Crippen molar-refractivity contribution in [1.29, 1.82) is 0 Å². The first-order chi connectivity index (χ1) is 11.6. The second kappa shape index (κ2) is 10.8. The summed E-state index contributed by atoms with van der Waals surface area (Å²) in [6.07, 6.45) is 1.01. The summed E-state index contributed by atoms with van der Waals surface area (Å²) in [5.41, 5.74) is 7.97. The summed E-state index contributed by atoms with van der Waals surface area (Å²) in [6.45, 7) is 4.65. The van der Waals surface area contributed by atoms with E-state index in [4.69, 9.17) is 15.2 Å². The zero-order valence-corrected chi connectivity index (χ0v) is 17.2. The molecule has 3 N–H and O–H groups in total. The van der Waals surface area contributed by atoms with Gasteiger partial charge in [0.2, 0.25) is 0 Å². The van der Waals surface area contributed by atoms with Gasteiger partial charge in [0, 0.05) is 18.3 Å². The zero-order chi connectivity index (χ0) is 17.4. The Kier molecular flexibility index (Phi) is 9.12. The Labute approximate surface area is 166 Å². The van der Waals surface area contributed by atoms with Crippen LogP contribution in [0.2, 0.25) is 0 Å². The van der Waals surface area contributed by atoms with Crippen LogP contribution in [0.25, 0.3) is 0 Å². The fraction of sp³-hybridized carbons (Fsp3) is 0.316. The number of nitrogens with zero attached hydrogens (tertiary/aromatic N) is 1. The number of nitrogens with two attached hydrogens (primary N) is 1. The quantitative estimate of drug-likeness (QED) is 0.375. The molecule has 0 bridgehead atoms. The van der Waals surface area contributed by atoms with Crippen molar-refractivity contribution in [2.75, 3.05) is 19.0 Å². The SMILES string of the molecule is COc1cccc(NC(N)=NCCc2ccc(OC(C)C)cc2)c1.I. The van der Waals surface area contributed by atoms with Gasteiger partial charge in [0.05, 0.1) is 13.2 Å². The molecule has 0 radical (unpaired) electrons. The summed E-state index contributed by atoms with van der Waals surface area (Å²) >= 11 is 0. The van der Waals surface area contributed by atoms with Crippen LogP contribution in [0.1, 0.15) is 19.4 Å². The van der Waals surface area contributed by atoms with Gasteiger partial charge in [-0.05, 0) is 50.1 Å². The molecule has 0 aliphatic heterocycles. The van der Waals surface area contributed by atoms with E-state index in [9.17, 15) is 0 Å². The van der Waals surface area contributed by atoms with Crippen LogP contribution in [-0.2, 0) is 6.42 Å². The van der Waals surface area contributed by atoms with Crippen LogP contribution >= 0.6 is 24.0 Å². The number of benzene rings is 2. The maximum atomic E-state index is 5.92.